The summed E-state index contributed by atoms with van der Waals surface area (Å²) < 4.78 is 7.50. The summed E-state index contributed by atoms with van der Waals surface area (Å²) in [7, 11) is 1.84. The Labute approximate surface area is 108 Å². The summed E-state index contributed by atoms with van der Waals surface area (Å²) >= 11 is 0. The highest BCUT2D eigenvalue weighted by atomic mass is 16.5. The van der Waals surface area contributed by atoms with Gasteiger partial charge in [0.05, 0.1) is 25.2 Å². The highest BCUT2D eigenvalue weighted by molar-refractivity contribution is 5.92. The Hall–Kier alpha value is -1.36. The molecule has 2 heterocycles. The van der Waals surface area contributed by atoms with E-state index in [0.717, 1.165) is 6.42 Å². The van der Waals surface area contributed by atoms with Gasteiger partial charge in [-0.25, -0.2) is 4.98 Å². The van der Waals surface area contributed by atoms with Crippen LogP contribution in [-0.2, 0) is 11.8 Å². The predicted molar refractivity (Wildman–Crippen MR) is 68.3 cm³/mol. The van der Waals surface area contributed by atoms with E-state index in [4.69, 9.17) is 4.74 Å². The van der Waals surface area contributed by atoms with Gasteiger partial charge in [0.2, 0.25) is 0 Å². The van der Waals surface area contributed by atoms with Gasteiger partial charge in [-0.1, -0.05) is 20.3 Å². The fraction of sp³-hybridized carbons (Fsp3) is 0.692. The van der Waals surface area contributed by atoms with Crippen LogP contribution >= 0.6 is 0 Å². The number of carbonyl (C=O) groups excluding carboxylic acids is 1. The summed E-state index contributed by atoms with van der Waals surface area (Å²) in [5.74, 6) is 0.527. The Balaban J connectivity index is 2.05. The number of aryl methyl sites for hydroxylation is 1. The Bertz CT molecular complexity index is 416. The zero-order valence-electron chi connectivity index (χ0n) is 11.3. The second-order valence-corrected chi connectivity index (χ2v) is 4.94. The number of hydrogen-bond donors (Lipinski definition) is 0. The van der Waals surface area contributed by atoms with Crippen LogP contribution in [0.3, 0.4) is 0 Å². The summed E-state index contributed by atoms with van der Waals surface area (Å²) in [5, 5.41) is 0. The molecule has 5 heteroatoms. The summed E-state index contributed by atoms with van der Waals surface area (Å²) in [5.41, 5.74) is 0.639. The third-order valence-corrected chi connectivity index (χ3v) is 3.70. The molecule has 0 N–H and O–H groups in total. The van der Waals surface area contributed by atoms with Gasteiger partial charge in [-0.15, -0.1) is 0 Å². The second-order valence-electron chi connectivity index (χ2n) is 4.94. The van der Waals surface area contributed by atoms with Crippen LogP contribution in [-0.4, -0.2) is 46.2 Å². The Morgan fingerprint density at radius 1 is 1.67 bits per heavy atom. The first-order valence-corrected chi connectivity index (χ1v) is 6.50. The molecule has 2 atom stereocenters. The largest absolute Gasteiger partial charge is 0.374 e. The maximum Gasteiger partial charge on any atom is 0.272 e. The first-order chi connectivity index (χ1) is 8.63. The lowest BCUT2D eigenvalue weighted by Crippen LogP contribution is -2.48. The van der Waals surface area contributed by atoms with E-state index in [1.165, 1.54) is 0 Å². The van der Waals surface area contributed by atoms with Gasteiger partial charge in [-0.05, 0) is 5.92 Å². The highest BCUT2D eigenvalue weighted by Crippen LogP contribution is 2.18. The molecule has 0 aliphatic carbocycles. The van der Waals surface area contributed by atoms with Crippen molar-refractivity contribution in [2.75, 3.05) is 19.7 Å². The fourth-order valence-electron chi connectivity index (χ4n) is 2.19. The molecule has 1 amide bonds. The summed E-state index contributed by atoms with van der Waals surface area (Å²) in [6.07, 6.45) is 4.50. The molecule has 1 aliphatic rings. The molecule has 0 radical (unpaired) electrons. The van der Waals surface area contributed by atoms with Crippen molar-refractivity contribution in [3.8, 4) is 0 Å². The minimum atomic E-state index is 0.0478. The number of imidazole rings is 1. The van der Waals surface area contributed by atoms with Gasteiger partial charge < -0.3 is 14.2 Å². The number of hydrogen-bond acceptors (Lipinski definition) is 3. The maximum absolute atomic E-state index is 12.3. The Morgan fingerprint density at radius 3 is 3.06 bits per heavy atom. The molecule has 18 heavy (non-hydrogen) atoms. The minimum Gasteiger partial charge on any atom is -0.374 e. The van der Waals surface area contributed by atoms with E-state index in [1.807, 2.05) is 11.9 Å². The Kier molecular flexibility index (Phi) is 4.01. The van der Waals surface area contributed by atoms with Crippen LogP contribution in [0.25, 0.3) is 0 Å². The van der Waals surface area contributed by atoms with Gasteiger partial charge >= 0.3 is 0 Å². The van der Waals surface area contributed by atoms with Crippen LogP contribution in [0.2, 0.25) is 0 Å². The molecule has 0 saturated carbocycles. The monoisotopic (exact) mass is 251 g/mol. The van der Waals surface area contributed by atoms with Crippen molar-refractivity contribution < 1.29 is 9.53 Å². The standard InChI is InChI=1S/C13H21N3O2/c1-4-10(2)12-8-16(5-6-18-12)13(17)11-7-14-9-15(11)3/h7,9-10,12H,4-6,8H2,1-3H3. The van der Waals surface area contributed by atoms with Crippen molar-refractivity contribution in [1.29, 1.82) is 0 Å². The smallest absolute Gasteiger partial charge is 0.272 e. The van der Waals surface area contributed by atoms with E-state index < -0.39 is 0 Å². The van der Waals surface area contributed by atoms with Crippen LogP contribution in [0.5, 0.6) is 0 Å². The van der Waals surface area contributed by atoms with Crippen molar-refractivity contribution >= 4 is 5.91 Å². The molecule has 5 nitrogen and oxygen atoms in total. The van der Waals surface area contributed by atoms with Crippen LogP contribution in [0.4, 0.5) is 0 Å². The van der Waals surface area contributed by atoms with Crippen LogP contribution in [0.1, 0.15) is 30.8 Å². The quantitative estimate of drug-likeness (QED) is 0.813. The van der Waals surface area contributed by atoms with Gasteiger partial charge in [0.15, 0.2) is 0 Å². The van der Waals surface area contributed by atoms with E-state index in [-0.39, 0.29) is 12.0 Å². The summed E-state index contributed by atoms with van der Waals surface area (Å²) in [4.78, 5) is 18.2. The second kappa shape index (κ2) is 5.52. The van der Waals surface area contributed by atoms with Gasteiger partial charge in [-0.3, -0.25) is 4.79 Å². The average molecular weight is 251 g/mol. The molecular weight excluding hydrogens is 230 g/mol. The lowest BCUT2D eigenvalue weighted by atomic mass is 10.0. The lowest BCUT2D eigenvalue weighted by Gasteiger charge is -2.35. The minimum absolute atomic E-state index is 0.0478. The van der Waals surface area contributed by atoms with Crippen molar-refractivity contribution in [1.82, 2.24) is 14.5 Å². The molecule has 2 rings (SSSR count). The Morgan fingerprint density at radius 2 is 2.44 bits per heavy atom. The van der Waals surface area contributed by atoms with E-state index >= 15 is 0 Å². The zero-order chi connectivity index (χ0) is 13.1. The van der Waals surface area contributed by atoms with Crippen LogP contribution in [0, 0.1) is 5.92 Å². The molecular formula is C13H21N3O2. The fourth-order valence-corrected chi connectivity index (χ4v) is 2.19. The number of morpholine rings is 1. The van der Waals surface area contributed by atoms with E-state index in [9.17, 15) is 4.79 Å². The number of rotatable bonds is 3. The number of nitrogens with zero attached hydrogens (tertiary/aromatic N) is 3. The normalized spacial score (nSPS) is 21.9. The molecule has 1 saturated heterocycles. The third kappa shape index (κ3) is 2.56. The van der Waals surface area contributed by atoms with Gasteiger partial charge in [-0.2, -0.15) is 0 Å². The highest BCUT2D eigenvalue weighted by Gasteiger charge is 2.28. The van der Waals surface area contributed by atoms with E-state index in [1.54, 1.807) is 17.1 Å². The van der Waals surface area contributed by atoms with Gasteiger partial charge in [0.1, 0.15) is 5.69 Å². The molecule has 0 bridgehead atoms. The SMILES string of the molecule is CCC(C)C1CN(C(=O)c2cncn2C)CCO1. The maximum atomic E-state index is 12.3. The molecule has 1 aliphatic heterocycles. The third-order valence-electron chi connectivity index (χ3n) is 3.70. The predicted octanol–water partition coefficient (Wildman–Crippen LogP) is 1.31. The molecule has 1 aromatic heterocycles. The number of amides is 1. The molecule has 0 aromatic carbocycles. The van der Waals surface area contributed by atoms with Crippen LogP contribution in [0.15, 0.2) is 12.5 Å². The van der Waals surface area contributed by atoms with Crippen LogP contribution < -0.4 is 0 Å². The van der Waals surface area contributed by atoms with E-state index in [0.29, 0.717) is 31.3 Å². The number of aromatic nitrogens is 2. The first-order valence-electron chi connectivity index (χ1n) is 6.50. The van der Waals surface area contributed by atoms with Crippen molar-refractivity contribution in [3.63, 3.8) is 0 Å². The number of ether oxygens (including phenoxy) is 1. The van der Waals surface area contributed by atoms with Crippen molar-refractivity contribution in [2.45, 2.75) is 26.4 Å². The van der Waals surface area contributed by atoms with Gasteiger partial charge in [0, 0.05) is 20.1 Å². The first kappa shape index (κ1) is 13.1. The zero-order valence-corrected chi connectivity index (χ0v) is 11.3. The van der Waals surface area contributed by atoms with Crippen molar-refractivity contribution in [2.24, 2.45) is 13.0 Å². The van der Waals surface area contributed by atoms with Gasteiger partial charge in [0.25, 0.3) is 5.91 Å². The average Bonchev–Trinajstić information content (AvgIpc) is 2.83. The lowest BCUT2D eigenvalue weighted by molar-refractivity contribution is -0.0464. The topological polar surface area (TPSA) is 47.4 Å². The number of carbonyl (C=O) groups is 1. The molecule has 0 spiro atoms. The molecule has 1 fully saturated rings. The molecule has 100 valence electrons. The summed E-state index contributed by atoms with van der Waals surface area (Å²) in [6, 6.07) is 0. The summed E-state index contributed by atoms with van der Waals surface area (Å²) in [6.45, 7) is 6.28. The van der Waals surface area contributed by atoms with Crippen molar-refractivity contribution in [3.05, 3.63) is 18.2 Å². The molecule has 2 unspecified atom stereocenters. The van der Waals surface area contributed by atoms with E-state index in [2.05, 4.69) is 18.8 Å². The molecule has 1 aromatic rings.